The van der Waals surface area contributed by atoms with Crippen LogP contribution in [-0.4, -0.2) is 55.5 Å². The lowest BCUT2D eigenvalue weighted by Gasteiger charge is -2.48. The zero-order valence-corrected chi connectivity index (χ0v) is 14.6. The van der Waals surface area contributed by atoms with E-state index in [1.54, 1.807) is 0 Å². The molecule has 136 valence electrons. The zero-order chi connectivity index (χ0) is 17.7. The van der Waals surface area contributed by atoms with Gasteiger partial charge in [0.05, 0.1) is 16.9 Å². The average molecular weight is 350 g/mol. The fraction of sp³-hybridized carbons (Fsp3) is 0.611. The lowest BCUT2D eigenvalue weighted by atomic mass is 10.1. The predicted molar refractivity (Wildman–Crippen MR) is 93.2 cm³/mol. The maximum Gasteiger partial charge on any atom is 0.253 e. The highest BCUT2D eigenvalue weighted by Crippen LogP contribution is 2.46. The Morgan fingerprint density at radius 1 is 1.32 bits per heavy atom. The Morgan fingerprint density at radius 2 is 2.08 bits per heavy atom. The van der Waals surface area contributed by atoms with Gasteiger partial charge in [0, 0.05) is 32.2 Å². The van der Waals surface area contributed by atoms with Crippen LogP contribution in [0.2, 0.25) is 0 Å². The van der Waals surface area contributed by atoms with Crippen molar-refractivity contribution in [3.63, 3.8) is 0 Å². The Morgan fingerprint density at radius 3 is 2.76 bits per heavy atom. The van der Waals surface area contributed by atoms with Crippen molar-refractivity contribution in [3.8, 4) is 0 Å². The summed E-state index contributed by atoms with van der Waals surface area (Å²) in [4.78, 5) is 18.9. The first-order valence-electron chi connectivity index (χ1n) is 9.06. The fourth-order valence-electron chi connectivity index (χ4n) is 4.10. The van der Waals surface area contributed by atoms with E-state index in [4.69, 9.17) is 0 Å². The quantitative estimate of drug-likeness (QED) is 0.905. The van der Waals surface area contributed by atoms with Crippen LogP contribution >= 0.6 is 0 Å². The molecule has 1 unspecified atom stereocenters. The molecule has 0 saturated carbocycles. The number of unbranched alkanes of at least 4 members (excludes halogenated alkanes) is 1. The first-order valence-corrected chi connectivity index (χ1v) is 9.06. The molecule has 7 heteroatoms. The van der Waals surface area contributed by atoms with E-state index in [-0.39, 0.29) is 18.2 Å². The first-order chi connectivity index (χ1) is 12.0. The van der Waals surface area contributed by atoms with Gasteiger partial charge in [0.25, 0.3) is 5.91 Å². The Hall–Kier alpha value is -1.89. The molecule has 1 aromatic rings. The van der Waals surface area contributed by atoms with E-state index in [9.17, 15) is 13.6 Å². The van der Waals surface area contributed by atoms with Gasteiger partial charge in [-0.15, -0.1) is 0 Å². The lowest BCUT2D eigenvalue weighted by molar-refractivity contribution is 0.0251. The van der Waals surface area contributed by atoms with Crippen molar-refractivity contribution in [2.45, 2.75) is 45.2 Å². The molecule has 0 aliphatic carbocycles. The van der Waals surface area contributed by atoms with Crippen LogP contribution in [0, 0.1) is 5.82 Å². The number of nitrogens with zero attached hydrogens (tertiary/aromatic N) is 3. The number of nitrogens with one attached hydrogen (secondary N) is 1. The third kappa shape index (κ3) is 2.56. The van der Waals surface area contributed by atoms with E-state index in [1.807, 2.05) is 6.92 Å². The summed E-state index contributed by atoms with van der Waals surface area (Å²) in [6.07, 6.45) is 1.01. The second-order valence-corrected chi connectivity index (χ2v) is 7.23. The molecule has 0 aromatic heterocycles. The standard InChI is InChI=1S/C18H24F2N4O/c1-3-4-5-23-15-7-12(19)6-14-16(15)24(11(2)8-21-17(14)25)18(23)22-9-13(20)10-22/h6-7,11,13,18H,3-5,8-10H2,1-2H3,(H,21,25)/t11-,18?/m0/s1. The van der Waals surface area contributed by atoms with E-state index in [0.717, 1.165) is 30.8 Å². The van der Waals surface area contributed by atoms with Gasteiger partial charge in [0.15, 0.2) is 6.29 Å². The highest BCUT2D eigenvalue weighted by Gasteiger charge is 2.48. The molecule has 1 saturated heterocycles. The molecule has 4 rings (SSSR count). The molecule has 1 aromatic carbocycles. The van der Waals surface area contributed by atoms with E-state index >= 15 is 0 Å². The summed E-state index contributed by atoms with van der Waals surface area (Å²) in [6, 6.07) is 2.87. The number of rotatable bonds is 4. The van der Waals surface area contributed by atoms with Gasteiger partial charge in [0.2, 0.25) is 0 Å². The van der Waals surface area contributed by atoms with Gasteiger partial charge in [-0.3, -0.25) is 9.69 Å². The monoisotopic (exact) mass is 350 g/mol. The molecule has 5 nitrogen and oxygen atoms in total. The zero-order valence-electron chi connectivity index (χ0n) is 14.6. The topological polar surface area (TPSA) is 38.8 Å². The third-order valence-corrected chi connectivity index (χ3v) is 5.37. The Balaban J connectivity index is 1.84. The van der Waals surface area contributed by atoms with E-state index in [0.29, 0.717) is 25.2 Å². The summed E-state index contributed by atoms with van der Waals surface area (Å²) in [5.74, 6) is -0.652. The van der Waals surface area contributed by atoms with E-state index < -0.39 is 12.0 Å². The summed E-state index contributed by atoms with van der Waals surface area (Å²) < 4.78 is 27.8. The van der Waals surface area contributed by atoms with Gasteiger partial charge in [-0.1, -0.05) is 13.3 Å². The minimum absolute atomic E-state index is 0.0460. The van der Waals surface area contributed by atoms with Crippen LogP contribution in [0.5, 0.6) is 0 Å². The van der Waals surface area contributed by atoms with Gasteiger partial charge >= 0.3 is 0 Å². The predicted octanol–water partition coefficient (Wildman–Crippen LogP) is 2.32. The SMILES string of the molecule is CCCCN1c2cc(F)cc3c2N(C1N1CC(F)C1)[C@@H](C)CNC3=O. The number of likely N-dealkylation sites (tertiary alicyclic amines) is 1. The summed E-state index contributed by atoms with van der Waals surface area (Å²) >= 11 is 0. The van der Waals surface area contributed by atoms with Crippen LogP contribution in [-0.2, 0) is 0 Å². The molecule has 0 bridgehead atoms. The minimum atomic E-state index is -0.810. The lowest BCUT2D eigenvalue weighted by Crippen LogP contribution is -2.65. The second kappa shape index (κ2) is 6.12. The van der Waals surface area contributed by atoms with Crippen molar-refractivity contribution in [3.05, 3.63) is 23.5 Å². The average Bonchev–Trinajstić information content (AvgIpc) is 2.80. The molecular formula is C18H24F2N4O. The molecule has 3 aliphatic rings. The minimum Gasteiger partial charge on any atom is -0.350 e. The second-order valence-electron chi connectivity index (χ2n) is 7.23. The van der Waals surface area contributed by atoms with Crippen LogP contribution < -0.4 is 15.1 Å². The van der Waals surface area contributed by atoms with Crippen molar-refractivity contribution >= 4 is 17.3 Å². The maximum atomic E-state index is 14.2. The van der Waals surface area contributed by atoms with Gasteiger partial charge in [-0.25, -0.2) is 8.78 Å². The highest BCUT2D eigenvalue weighted by atomic mass is 19.1. The molecule has 1 N–H and O–H groups in total. The Kier molecular flexibility index (Phi) is 4.06. The maximum absolute atomic E-state index is 14.2. The third-order valence-electron chi connectivity index (χ3n) is 5.37. The molecule has 3 aliphatic heterocycles. The summed E-state index contributed by atoms with van der Waals surface area (Å²) in [7, 11) is 0. The number of hydrogen-bond acceptors (Lipinski definition) is 4. The van der Waals surface area contributed by atoms with Crippen molar-refractivity contribution in [2.75, 3.05) is 36.0 Å². The van der Waals surface area contributed by atoms with E-state index in [2.05, 4.69) is 26.9 Å². The first kappa shape index (κ1) is 16.6. The van der Waals surface area contributed by atoms with Crippen LogP contribution in [0.25, 0.3) is 0 Å². The highest BCUT2D eigenvalue weighted by molar-refractivity contribution is 6.05. The van der Waals surface area contributed by atoms with Crippen LogP contribution in [0.3, 0.4) is 0 Å². The number of hydrogen-bond donors (Lipinski definition) is 1. The molecule has 1 fully saturated rings. The molecular weight excluding hydrogens is 326 g/mol. The van der Waals surface area contributed by atoms with Gasteiger partial charge in [-0.2, -0.15) is 0 Å². The number of halogens is 2. The van der Waals surface area contributed by atoms with E-state index in [1.165, 1.54) is 12.1 Å². The normalized spacial score (nSPS) is 26.3. The number of carbonyl (C=O) groups excluding carboxylic acids is 1. The number of amides is 1. The van der Waals surface area contributed by atoms with Gasteiger partial charge in [0.1, 0.15) is 12.0 Å². The van der Waals surface area contributed by atoms with Crippen LogP contribution in [0.4, 0.5) is 20.2 Å². The largest absolute Gasteiger partial charge is 0.350 e. The molecule has 2 atom stereocenters. The van der Waals surface area contributed by atoms with Gasteiger partial charge < -0.3 is 15.1 Å². The fourth-order valence-corrected chi connectivity index (χ4v) is 4.10. The number of anilines is 2. The summed E-state index contributed by atoms with van der Waals surface area (Å²) in [5.41, 5.74) is 1.91. The van der Waals surface area contributed by atoms with Crippen molar-refractivity contribution < 1.29 is 13.6 Å². The van der Waals surface area contributed by atoms with Crippen molar-refractivity contribution in [2.24, 2.45) is 0 Å². The van der Waals surface area contributed by atoms with Crippen molar-refractivity contribution in [1.82, 2.24) is 10.2 Å². The van der Waals surface area contributed by atoms with Crippen molar-refractivity contribution in [1.29, 1.82) is 0 Å². The van der Waals surface area contributed by atoms with Crippen LogP contribution in [0.15, 0.2) is 12.1 Å². The molecule has 0 radical (unpaired) electrons. The summed E-state index contributed by atoms with van der Waals surface area (Å²) in [6.45, 7) is 6.16. The molecule has 1 amide bonds. The number of alkyl halides is 1. The number of carbonyl (C=O) groups is 1. The van der Waals surface area contributed by atoms with Crippen LogP contribution in [0.1, 0.15) is 37.0 Å². The number of benzene rings is 1. The summed E-state index contributed by atoms with van der Waals surface area (Å²) in [5, 5.41) is 2.87. The van der Waals surface area contributed by atoms with Gasteiger partial charge in [-0.05, 0) is 25.5 Å². The Bertz CT molecular complexity index is 692. The molecule has 25 heavy (non-hydrogen) atoms. The smallest absolute Gasteiger partial charge is 0.253 e. The molecule has 3 heterocycles. The molecule has 0 spiro atoms. The Labute approximate surface area is 146 Å².